The van der Waals surface area contributed by atoms with Gasteiger partial charge in [-0.25, -0.2) is 9.18 Å². The summed E-state index contributed by atoms with van der Waals surface area (Å²) in [5.74, 6) is -0.255. The van der Waals surface area contributed by atoms with E-state index in [-0.39, 0.29) is 17.9 Å². The maximum absolute atomic E-state index is 13.5. The van der Waals surface area contributed by atoms with Crippen LogP contribution in [-0.4, -0.2) is 17.5 Å². The quantitative estimate of drug-likeness (QED) is 0.698. The van der Waals surface area contributed by atoms with Crippen LogP contribution in [0.3, 0.4) is 0 Å². The lowest BCUT2D eigenvalue weighted by molar-refractivity contribution is 0.192. The van der Waals surface area contributed by atoms with Crippen LogP contribution < -0.4 is 5.32 Å². The van der Waals surface area contributed by atoms with Crippen molar-refractivity contribution in [1.82, 2.24) is 10.2 Å². The second-order valence-electron chi connectivity index (χ2n) is 6.32. The van der Waals surface area contributed by atoms with Crippen LogP contribution in [0.5, 0.6) is 0 Å². The average Bonchev–Trinajstić information content (AvgIpc) is 3.27. The third-order valence-corrected chi connectivity index (χ3v) is 5.75. The van der Waals surface area contributed by atoms with E-state index in [2.05, 4.69) is 22.8 Å². The second-order valence-corrected chi connectivity index (χ2v) is 7.23. The van der Waals surface area contributed by atoms with Crippen LogP contribution in [-0.2, 0) is 6.54 Å². The van der Waals surface area contributed by atoms with Gasteiger partial charge in [0.15, 0.2) is 0 Å². The molecule has 1 fully saturated rings. The zero-order valence-electron chi connectivity index (χ0n) is 13.7. The van der Waals surface area contributed by atoms with E-state index >= 15 is 0 Å². The van der Waals surface area contributed by atoms with Gasteiger partial charge in [0.05, 0.1) is 6.04 Å². The Balaban J connectivity index is 1.47. The van der Waals surface area contributed by atoms with Gasteiger partial charge >= 0.3 is 6.03 Å². The third-order valence-electron chi connectivity index (χ3n) is 4.74. The minimum atomic E-state index is -0.255. The summed E-state index contributed by atoms with van der Waals surface area (Å²) in [6, 6.07) is 14.6. The summed E-state index contributed by atoms with van der Waals surface area (Å²) in [7, 11) is 0. The molecular formula is C20H19FN2OS. The number of benzene rings is 2. The van der Waals surface area contributed by atoms with Crippen LogP contribution in [0.15, 0.2) is 53.9 Å². The molecule has 1 unspecified atom stereocenters. The number of nitrogens with one attached hydrogen (secondary N) is 1. The molecule has 1 aliphatic heterocycles. The van der Waals surface area contributed by atoms with Crippen LogP contribution >= 0.6 is 11.3 Å². The van der Waals surface area contributed by atoms with Gasteiger partial charge in [0.25, 0.3) is 0 Å². The van der Waals surface area contributed by atoms with Crippen molar-refractivity contribution in [3.8, 4) is 0 Å². The maximum Gasteiger partial charge on any atom is 0.318 e. The SMILES string of the molecule is O=C(NCc1csc2ccccc12)N1CCCC1c1cccc(F)c1. The van der Waals surface area contributed by atoms with Gasteiger partial charge in [0.1, 0.15) is 5.82 Å². The van der Waals surface area contributed by atoms with E-state index in [4.69, 9.17) is 0 Å². The number of likely N-dealkylation sites (tertiary alicyclic amines) is 1. The van der Waals surface area contributed by atoms with Gasteiger partial charge in [0, 0.05) is 17.8 Å². The number of carbonyl (C=O) groups is 1. The Labute approximate surface area is 150 Å². The largest absolute Gasteiger partial charge is 0.334 e. The zero-order valence-corrected chi connectivity index (χ0v) is 14.6. The van der Waals surface area contributed by atoms with Crippen molar-refractivity contribution in [1.29, 1.82) is 0 Å². The summed E-state index contributed by atoms with van der Waals surface area (Å²) in [6.45, 7) is 1.21. The first-order valence-corrected chi connectivity index (χ1v) is 9.35. The molecular weight excluding hydrogens is 335 g/mol. The summed E-state index contributed by atoms with van der Waals surface area (Å²) < 4.78 is 14.7. The first-order chi connectivity index (χ1) is 12.2. The molecule has 3 nitrogen and oxygen atoms in total. The number of rotatable bonds is 3. The number of urea groups is 1. The minimum Gasteiger partial charge on any atom is -0.334 e. The molecule has 0 radical (unpaired) electrons. The number of hydrogen-bond donors (Lipinski definition) is 1. The number of hydrogen-bond acceptors (Lipinski definition) is 2. The van der Waals surface area contributed by atoms with Gasteiger partial charge in [-0.15, -0.1) is 11.3 Å². The molecule has 2 heterocycles. The number of thiophene rings is 1. The molecule has 0 aliphatic carbocycles. The predicted molar refractivity (Wildman–Crippen MR) is 99.1 cm³/mol. The average molecular weight is 354 g/mol. The molecule has 4 rings (SSSR count). The van der Waals surface area contributed by atoms with E-state index in [9.17, 15) is 9.18 Å². The van der Waals surface area contributed by atoms with Gasteiger partial charge in [-0.2, -0.15) is 0 Å². The second kappa shape index (κ2) is 6.84. The fourth-order valence-corrected chi connectivity index (χ4v) is 4.48. The minimum absolute atomic E-state index is 0.0464. The number of fused-ring (bicyclic) bond motifs is 1. The van der Waals surface area contributed by atoms with Gasteiger partial charge in [0.2, 0.25) is 0 Å². The van der Waals surface area contributed by atoms with Gasteiger partial charge in [-0.3, -0.25) is 0 Å². The topological polar surface area (TPSA) is 32.3 Å². The Bertz CT molecular complexity index is 907. The van der Waals surface area contributed by atoms with E-state index in [0.717, 1.165) is 24.0 Å². The third kappa shape index (κ3) is 3.24. The Morgan fingerprint density at radius 3 is 3.00 bits per heavy atom. The molecule has 0 saturated carbocycles. The fraction of sp³-hybridized carbons (Fsp3) is 0.250. The highest BCUT2D eigenvalue weighted by Gasteiger charge is 2.30. The van der Waals surface area contributed by atoms with Crippen molar-refractivity contribution in [2.45, 2.75) is 25.4 Å². The van der Waals surface area contributed by atoms with Crippen molar-refractivity contribution in [2.24, 2.45) is 0 Å². The van der Waals surface area contributed by atoms with E-state index in [0.29, 0.717) is 13.1 Å². The van der Waals surface area contributed by atoms with Gasteiger partial charge in [-0.1, -0.05) is 30.3 Å². The smallest absolute Gasteiger partial charge is 0.318 e. The summed E-state index contributed by atoms with van der Waals surface area (Å²) in [5.41, 5.74) is 2.00. The zero-order chi connectivity index (χ0) is 17.2. The summed E-state index contributed by atoms with van der Waals surface area (Å²) >= 11 is 1.69. The van der Waals surface area contributed by atoms with Gasteiger partial charge in [-0.05, 0) is 52.9 Å². The van der Waals surface area contributed by atoms with Crippen molar-refractivity contribution < 1.29 is 9.18 Å². The van der Waals surface area contributed by atoms with Crippen LogP contribution in [0.1, 0.15) is 30.0 Å². The van der Waals surface area contributed by atoms with Crippen LogP contribution in [0.4, 0.5) is 9.18 Å². The highest BCUT2D eigenvalue weighted by atomic mass is 32.1. The number of amides is 2. The molecule has 3 aromatic rings. The lowest BCUT2D eigenvalue weighted by Gasteiger charge is -2.25. The Morgan fingerprint density at radius 2 is 2.12 bits per heavy atom. The maximum atomic E-state index is 13.5. The van der Waals surface area contributed by atoms with E-state index < -0.39 is 0 Å². The lowest BCUT2D eigenvalue weighted by Crippen LogP contribution is -2.39. The van der Waals surface area contributed by atoms with Gasteiger partial charge < -0.3 is 10.2 Å². The van der Waals surface area contributed by atoms with E-state index in [1.807, 2.05) is 23.1 Å². The molecule has 1 aromatic heterocycles. The molecule has 1 atom stereocenters. The first kappa shape index (κ1) is 16.1. The van der Waals surface area contributed by atoms with E-state index in [1.165, 1.54) is 22.2 Å². The number of nitrogens with zero attached hydrogens (tertiary/aromatic N) is 1. The van der Waals surface area contributed by atoms with Crippen molar-refractivity contribution in [3.05, 3.63) is 70.9 Å². The first-order valence-electron chi connectivity index (χ1n) is 8.47. The Hall–Kier alpha value is -2.40. The van der Waals surface area contributed by atoms with Crippen molar-refractivity contribution in [2.75, 3.05) is 6.54 Å². The normalized spacial score (nSPS) is 17.2. The monoisotopic (exact) mass is 354 g/mol. The molecule has 25 heavy (non-hydrogen) atoms. The summed E-state index contributed by atoms with van der Waals surface area (Å²) in [6.07, 6.45) is 1.81. The predicted octanol–water partition coefficient (Wildman–Crippen LogP) is 5.09. The highest BCUT2D eigenvalue weighted by molar-refractivity contribution is 7.17. The highest BCUT2D eigenvalue weighted by Crippen LogP contribution is 2.32. The van der Waals surface area contributed by atoms with E-state index in [1.54, 1.807) is 17.4 Å². The van der Waals surface area contributed by atoms with Crippen molar-refractivity contribution in [3.63, 3.8) is 0 Å². The van der Waals surface area contributed by atoms with Crippen LogP contribution in [0, 0.1) is 5.82 Å². The van der Waals surface area contributed by atoms with Crippen molar-refractivity contribution >= 4 is 27.5 Å². The molecule has 0 bridgehead atoms. The van der Waals surface area contributed by atoms with Crippen LogP contribution in [0.2, 0.25) is 0 Å². The molecule has 1 saturated heterocycles. The lowest BCUT2D eigenvalue weighted by atomic mass is 10.0. The summed E-state index contributed by atoms with van der Waals surface area (Å²) in [4.78, 5) is 14.5. The molecule has 5 heteroatoms. The Morgan fingerprint density at radius 1 is 1.24 bits per heavy atom. The molecule has 2 amide bonds. The molecule has 1 N–H and O–H groups in total. The van der Waals surface area contributed by atoms with Crippen LogP contribution in [0.25, 0.3) is 10.1 Å². The fourth-order valence-electron chi connectivity index (χ4n) is 3.51. The summed E-state index contributed by atoms with van der Waals surface area (Å²) in [5, 5.41) is 6.32. The number of halogens is 1. The standard InChI is InChI=1S/C20H19FN2OS/c21-16-6-3-5-14(11-16)18-8-4-10-23(18)20(24)22-12-15-13-25-19-9-2-1-7-17(15)19/h1-3,5-7,9,11,13,18H,4,8,10,12H2,(H,22,24). The number of carbonyl (C=O) groups excluding carboxylic acids is 1. The molecule has 0 spiro atoms. The Kier molecular flexibility index (Phi) is 4.40. The molecule has 128 valence electrons. The molecule has 1 aliphatic rings. The molecule has 2 aromatic carbocycles.